The number of hydrogen-bond acceptors (Lipinski definition) is 3. The summed E-state index contributed by atoms with van der Waals surface area (Å²) in [4.78, 5) is 10.9. The predicted molar refractivity (Wildman–Crippen MR) is 74.2 cm³/mol. The summed E-state index contributed by atoms with van der Waals surface area (Å²) >= 11 is 0. The Morgan fingerprint density at radius 3 is 2.53 bits per heavy atom. The van der Waals surface area contributed by atoms with Gasteiger partial charge in [0.15, 0.2) is 0 Å². The number of nitrogens with two attached hydrogens (primary N) is 1. The van der Waals surface area contributed by atoms with Crippen molar-refractivity contribution >= 4 is 12.0 Å². The second kappa shape index (κ2) is 7.22. The van der Waals surface area contributed by atoms with Gasteiger partial charge in [0.05, 0.1) is 6.61 Å². The van der Waals surface area contributed by atoms with Crippen LogP contribution in [-0.2, 0) is 4.79 Å². The maximum absolute atomic E-state index is 10.9. The second-order valence-corrected chi connectivity index (χ2v) is 4.63. The third-order valence-electron chi connectivity index (χ3n) is 2.54. The van der Waals surface area contributed by atoms with Crippen molar-refractivity contribution in [2.24, 2.45) is 11.7 Å². The first kappa shape index (κ1) is 14.8. The Kier molecular flexibility index (Phi) is 5.62. The highest BCUT2D eigenvalue weighted by atomic mass is 16.5. The molecule has 1 rings (SSSR count). The molecule has 19 heavy (non-hydrogen) atoms. The topological polar surface area (TPSA) is 76.1 Å². The van der Waals surface area contributed by atoms with Crippen LogP contribution in [-0.4, -0.2) is 12.5 Å². The van der Waals surface area contributed by atoms with Crippen LogP contribution in [0.25, 0.3) is 6.08 Å². The van der Waals surface area contributed by atoms with E-state index in [1.165, 1.54) is 6.08 Å². The second-order valence-electron chi connectivity index (χ2n) is 4.63. The van der Waals surface area contributed by atoms with Gasteiger partial charge in [-0.25, -0.2) is 0 Å². The van der Waals surface area contributed by atoms with Crippen molar-refractivity contribution in [1.29, 1.82) is 5.26 Å². The zero-order valence-electron chi connectivity index (χ0n) is 11.2. The molecule has 100 valence electrons. The molecule has 0 atom stereocenters. The Morgan fingerprint density at radius 2 is 2.05 bits per heavy atom. The van der Waals surface area contributed by atoms with E-state index in [4.69, 9.17) is 15.7 Å². The van der Waals surface area contributed by atoms with Crippen molar-refractivity contribution in [2.45, 2.75) is 20.3 Å². The SMILES string of the molecule is CC(C)CCOc1ccc(/C=C(\C#N)C(N)=O)cc1. The zero-order chi connectivity index (χ0) is 14.3. The number of amides is 1. The van der Waals surface area contributed by atoms with Gasteiger partial charge >= 0.3 is 0 Å². The quantitative estimate of drug-likeness (QED) is 0.629. The third-order valence-corrected chi connectivity index (χ3v) is 2.54. The summed E-state index contributed by atoms with van der Waals surface area (Å²) in [5.41, 5.74) is 5.75. The first-order chi connectivity index (χ1) is 9.02. The summed E-state index contributed by atoms with van der Waals surface area (Å²) in [6.07, 6.45) is 2.46. The predicted octanol–water partition coefficient (Wildman–Crippen LogP) is 2.50. The summed E-state index contributed by atoms with van der Waals surface area (Å²) in [6, 6.07) is 8.95. The van der Waals surface area contributed by atoms with Crippen LogP contribution < -0.4 is 10.5 Å². The summed E-state index contributed by atoms with van der Waals surface area (Å²) < 4.78 is 5.57. The molecular weight excluding hydrogens is 240 g/mol. The van der Waals surface area contributed by atoms with Crippen LogP contribution >= 0.6 is 0 Å². The number of benzene rings is 1. The van der Waals surface area contributed by atoms with Crippen molar-refractivity contribution in [3.05, 3.63) is 35.4 Å². The van der Waals surface area contributed by atoms with Crippen LogP contribution in [0, 0.1) is 17.2 Å². The van der Waals surface area contributed by atoms with Crippen LogP contribution in [0.4, 0.5) is 0 Å². The summed E-state index contributed by atoms with van der Waals surface area (Å²) in [5, 5.41) is 8.74. The molecule has 0 unspecified atom stereocenters. The fraction of sp³-hybridized carbons (Fsp3) is 0.333. The minimum absolute atomic E-state index is 0.0616. The van der Waals surface area contributed by atoms with E-state index in [2.05, 4.69) is 13.8 Å². The number of carbonyl (C=O) groups excluding carboxylic acids is 1. The monoisotopic (exact) mass is 258 g/mol. The first-order valence-electron chi connectivity index (χ1n) is 6.17. The maximum Gasteiger partial charge on any atom is 0.259 e. The van der Waals surface area contributed by atoms with Crippen molar-refractivity contribution in [2.75, 3.05) is 6.61 Å². The molecule has 0 bridgehead atoms. The Hall–Kier alpha value is -2.28. The van der Waals surface area contributed by atoms with Crippen LogP contribution in [0.3, 0.4) is 0 Å². The molecule has 0 aliphatic heterocycles. The molecule has 0 spiro atoms. The van der Waals surface area contributed by atoms with Gasteiger partial charge in [-0.3, -0.25) is 4.79 Å². The molecule has 1 amide bonds. The fourth-order valence-corrected chi connectivity index (χ4v) is 1.40. The number of primary amides is 1. The summed E-state index contributed by atoms with van der Waals surface area (Å²) in [5.74, 6) is 0.658. The molecule has 0 aliphatic carbocycles. The zero-order valence-corrected chi connectivity index (χ0v) is 11.2. The molecule has 0 saturated heterocycles. The summed E-state index contributed by atoms with van der Waals surface area (Å²) in [6.45, 7) is 4.96. The smallest absolute Gasteiger partial charge is 0.259 e. The lowest BCUT2D eigenvalue weighted by Gasteiger charge is -2.08. The van der Waals surface area contributed by atoms with E-state index in [1.54, 1.807) is 18.2 Å². The van der Waals surface area contributed by atoms with E-state index in [9.17, 15) is 4.79 Å². The van der Waals surface area contributed by atoms with E-state index in [1.807, 2.05) is 12.1 Å². The molecule has 0 heterocycles. The number of ether oxygens (including phenoxy) is 1. The van der Waals surface area contributed by atoms with E-state index >= 15 is 0 Å². The lowest BCUT2D eigenvalue weighted by atomic mass is 10.1. The van der Waals surface area contributed by atoms with Gasteiger partial charge in [0.2, 0.25) is 0 Å². The Balaban J connectivity index is 2.67. The molecule has 4 nitrogen and oxygen atoms in total. The van der Waals surface area contributed by atoms with Gasteiger partial charge in [-0.05, 0) is 36.1 Å². The van der Waals surface area contributed by atoms with E-state index < -0.39 is 5.91 Å². The Labute approximate surface area is 113 Å². The van der Waals surface area contributed by atoms with Crippen LogP contribution in [0.5, 0.6) is 5.75 Å². The van der Waals surface area contributed by atoms with Crippen molar-refractivity contribution in [1.82, 2.24) is 0 Å². The summed E-state index contributed by atoms with van der Waals surface area (Å²) in [7, 11) is 0. The molecule has 0 aliphatic rings. The van der Waals surface area contributed by atoms with Gasteiger partial charge < -0.3 is 10.5 Å². The van der Waals surface area contributed by atoms with Crippen molar-refractivity contribution < 1.29 is 9.53 Å². The van der Waals surface area contributed by atoms with Gasteiger partial charge in [0, 0.05) is 0 Å². The molecule has 2 N–H and O–H groups in total. The molecular formula is C15H18N2O2. The number of carbonyl (C=O) groups is 1. The number of hydrogen-bond donors (Lipinski definition) is 1. The molecule has 1 aromatic carbocycles. The normalized spacial score (nSPS) is 11.2. The van der Waals surface area contributed by atoms with Gasteiger partial charge in [-0.1, -0.05) is 26.0 Å². The highest BCUT2D eigenvalue weighted by Gasteiger charge is 2.03. The van der Waals surface area contributed by atoms with E-state index in [-0.39, 0.29) is 5.57 Å². The maximum atomic E-state index is 10.9. The third kappa shape index (κ3) is 5.26. The van der Waals surface area contributed by atoms with Gasteiger partial charge in [-0.15, -0.1) is 0 Å². The fourth-order valence-electron chi connectivity index (χ4n) is 1.40. The average Bonchev–Trinajstić information content (AvgIpc) is 2.37. The molecule has 4 heteroatoms. The molecule has 0 fully saturated rings. The van der Waals surface area contributed by atoms with Gasteiger partial charge in [0.1, 0.15) is 17.4 Å². The minimum atomic E-state index is -0.722. The molecule has 0 radical (unpaired) electrons. The molecule has 0 aromatic heterocycles. The van der Waals surface area contributed by atoms with Crippen LogP contribution in [0.2, 0.25) is 0 Å². The first-order valence-corrected chi connectivity index (χ1v) is 6.17. The highest BCUT2D eigenvalue weighted by molar-refractivity contribution is 6.00. The van der Waals surface area contributed by atoms with Crippen molar-refractivity contribution in [3.8, 4) is 11.8 Å². The standard InChI is InChI=1S/C15H18N2O2/c1-11(2)7-8-19-14-5-3-12(4-6-14)9-13(10-16)15(17)18/h3-6,9,11H,7-8H2,1-2H3,(H2,17,18)/b13-9+. The lowest BCUT2D eigenvalue weighted by Crippen LogP contribution is -2.12. The Morgan fingerprint density at radius 1 is 1.42 bits per heavy atom. The minimum Gasteiger partial charge on any atom is -0.494 e. The van der Waals surface area contributed by atoms with Gasteiger partial charge in [-0.2, -0.15) is 5.26 Å². The van der Waals surface area contributed by atoms with Crippen LogP contribution in [0.15, 0.2) is 29.8 Å². The van der Waals surface area contributed by atoms with Gasteiger partial charge in [0.25, 0.3) is 5.91 Å². The van der Waals surface area contributed by atoms with Crippen LogP contribution in [0.1, 0.15) is 25.8 Å². The van der Waals surface area contributed by atoms with E-state index in [0.717, 1.165) is 17.7 Å². The number of nitrogens with zero attached hydrogens (tertiary/aromatic N) is 1. The van der Waals surface area contributed by atoms with Crippen molar-refractivity contribution in [3.63, 3.8) is 0 Å². The van der Waals surface area contributed by atoms with E-state index in [0.29, 0.717) is 12.5 Å². The average molecular weight is 258 g/mol. The lowest BCUT2D eigenvalue weighted by molar-refractivity contribution is -0.114. The number of nitriles is 1. The highest BCUT2D eigenvalue weighted by Crippen LogP contribution is 2.15. The number of rotatable bonds is 6. The Bertz CT molecular complexity index is 496. The molecule has 0 saturated carbocycles. The molecule has 1 aromatic rings. The largest absolute Gasteiger partial charge is 0.494 e.